The molecule has 1 unspecified atom stereocenters. The minimum atomic E-state index is -0.792. The van der Waals surface area contributed by atoms with Gasteiger partial charge < -0.3 is 20.2 Å². The Labute approximate surface area is 115 Å². The van der Waals surface area contributed by atoms with E-state index < -0.39 is 5.97 Å². The molecule has 0 bridgehead atoms. The van der Waals surface area contributed by atoms with Crippen LogP contribution in [0, 0.1) is 0 Å². The van der Waals surface area contributed by atoms with Crippen LogP contribution in [0.4, 0.5) is 4.79 Å². The molecule has 6 nitrogen and oxygen atoms in total. The zero-order valence-corrected chi connectivity index (χ0v) is 12.5. The van der Waals surface area contributed by atoms with Crippen molar-refractivity contribution in [2.24, 2.45) is 0 Å². The van der Waals surface area contributed by atoms with Crippen LogP contribution < -0.4 is 5.32 Å². The Morgan fingerprint density at radius 1 is 1.16 bits per heavy atom. The Hall–Kier alpha value is -1.30. The predicted molar refractivity (Wildman–Crippen MR) is 75.3 cm³/mol. The van der Waals surface area contributed by atoms with Crippen molar-refractivity contribution in [3.63, 3.8) is 0 Å². The fourth-order valence-electron chi connectivity index (χ4n) is 1.68. The van der Waals surface area contributed by atoms with Gasteiger partial charge in [-0.2, -0.15) is 0 Å². The second-order valence-corrected chi connectivity index (χ2v) is 5.21. The van der Waals surface area contributed by atoms with Crippen molar-refractivity contribution in [3.05, 3.63) is 0 Å². The van der Waals surface area contributed by atoms with Crippen LogP contribution in [0.25, 0.3) is 0 Å². The first-order chi connectivity index (χ1) is 8.82. The number of carbonyl (C=O) groups is 2. The molecule has 19 heavy (non-hydrogen) atoms. The smallest absolute Gasteiger partial charge is 0.317 e. The summed E-state index contributed by atoms with van der Waals surface area (Å²) >= 11 is 0. The minimum absolute atomic E-state index is 0.00292. The number of rotatable bonds is 9. The van der Waals surface area contributed by atoms with Crippen molar-refractivity contribution < 1.29 is 14.7 Å². The molecule has 0 aliphatic rings. The number of carboxylic acid groups (broad SMARTS) is 1. The number of hydrogen-bond donors (Lipinski definition) is 2. The molecule has 112 valence electrons. The molecule has 0 rings (SSSR count). The third kappa shape index (κ3) is 10.3. The van der Waals surface area contributed by atoms with Gasteiger partial charge in [0, 0.05) is 26.1 Å². The number of carboxylic acids is 1. The van der Waals surface area contributed by atoms with E-state index in [-0.39, 0.29) is 18.5 Å². The molecule has 2 amide bonds. The topological polar surface area (TPSA) is 72.9 Å². The molecule has 0 saturated carbocycles. The summed E-state index contributed by atoms with van der Waals surface area (Å²) in [6, 6.07) is -0.0928. The highest BCUT2D eigenvalue weighted by atomic mass is 16.4. The van der Waals surface area contributed by atoms with Crippen molar-refractivity contribution in [1.29, 1.82) is 0 Å². The standard InChI is InChI=1S/C13H27N3O3/c1-11(7-5-8-12(17)18)14-13(19)16(4)10-6-9-15(2)3/h11H,5-10H2,1-4H3,(H,14,19)(H,17,18). The molecule has 6 heteroatoms. The molecular formula is C13H27N3O3. The lowest BCUT2D eigenvalue weighted by molar-refractivity contribution is -0.137. The number of carbonyl (C=O) groups excluding carboxylic acids is 1. The summed E-state index contributed by atoms with van der Waals surface area (Å²) in [5.41, 5.74) is 0. The first-order valence-corrected chi connectivity index (χ1v) is 6.71. The van der Waals surface area contributed by atoms with Gasteiger partial charge in [0.15, 0.2) is 0 Å². The molecule has 0 saturated heterocycles. The Kier molecular flexibility index (Phi) is 8.95. The molecule has 0 radical (unpaired) electrons. The zero-order valence-electron chi connectivity index (χ0n) is 12.5. The number of aliphatic carboxylic acids is 1. The summed E-state index contributed by atoms with van der Waals surface area (Å²) in [5.74, 6) is -0.792. The molecule has 0 aromatic carbocycles. The van der Waals surface area contributed by atoms with Crippen LogP contribution in [0.1, 0.15) is 32.6 Å². The highest BCUT2D eigenvalue weighted by Gasteiger charge is 2.11. The van der Waals surface area contributed by atoms with Crippen LogP contribution in [0.2, 0.25) is 0 Å². The van der Waals surface area contributed by atoms with Crippen LogP contribution in [-0.4, -0.2) is 67.2 Å². The quantitative estimate of drug-likeness (QED) is 0.662. The number of nitrogens with zero attached hydrogens (tertiary/aromatic N) is 2. The van der Waals surface area contributed by atoms with Gasteiger partial charge in [0.25, 0.3) is 0 Å². The van der Waals surface area contributed by atoms with E-state index in [0.29, 0.717) is 19.4 Å². The summed E-state index contributed by atoms with van der Waals surface area (Å²) in [6.07, 6.45) is 2.36. The molecule has 0 aromatic heterocycles. The fourth-order valence-corrected chi connectivity index (χ4v) is 1.68. The Morgan fingerprint density at radius 3 is 2.32 bits per heavy atom. The molecular weight excluding hydrogens is 246 g/mol. The third-order valence-corrected chi connectivity index (χ3v) is 2.84. The minimum Gasteiger partial charge on any atom is -0.481 e. The third-order valence-electron chi connectivity index (χ3n) is 2.84. The maximum atomic E-state index is 11.8. The van der Waals surface area contributed by atoms with Crippen molar-refractivity contribution in [1.82, 2.24) is 15.1 Å². The molecule has 1 atom stereocenters. The van der Waals surface area contributed by atoms with Gasteiger partial charge >= 0.3 is 12.0 Å². The highest BCUT2D eigenvalue weighted by molar-refractivity contribution is 5.74. The van der Waals surface area contributed by atoms with Crippen LogP contribution in [0.5, 0.6) is 0 Å². The normalized spacial score (nSPS) is 12.3. The van der Waals surface area contributed by atoms with Crippen LogP contribution in [0.15, 0.2) is 0 Å². The van der Waals surface area contributed by atoms with Gasteiger partial charge in [-0.1, -0.05) is 0 Å². The monoisotopic (exact) mass is 273 g/mol. The highest BCUT2D eigenvalue weighted by Crippen LogP contribution is 2.01. The number of hydrogen-bond acceptors (Lipinski definition) is 3. The Balaban J connectivity index is 3.78. The largest absolute Gasteiger partial charge is 0.481 e. The van der Waals surface area contributed by atoms with E-state index in [2.05, 4.69) is 10.2 Å². The average Bonchev–Trinajstić information content (AvgIpc) is 2.27. The molecule has 0 fully saturated rings. The van der Waals surface area contributed by atoms with Crippen molar-refractivity contribution >= 4 is 12.0 Å². The zero-order chi connectivity index (χ0) is 14.8. The van der Waals surface area contributed by atoms with Crippen LogP contribution in [-0.2, 0) is 4.79 Å². The lowest BCUT2D eigenvalue weighted by Gasteiger charge is -2.22. The van der Waals surface area contributed by atoms with E-state index in [0.717, 1.165) is 13.0 Å². The Bertz CT molecular complexity index is 282. The van der Waals surface area contributed by atoms with Crippen LogP contribution in [0.3, 0.4) is 0 Å². The van der Waals surface area contributed by atoms with Crippen molar-refractivity contribution in [2.75, 3.05) is 34.2 Å². The fraction of sp³-hybridized carbons (Fsp3) is 0.846. The number of urea groups is 1. The summed E-state index contributed by atoms with van der Waals surface area (Å²) in [5, 5.41) is 11.4. The van der Waals surface area contributed by atoms with E-state index in [1.165, 1.54) is 0 Å². The molecule has 2 N–H and O–H groups in total. The van der Waals surface area contributed by atoms with Crippen molar-refractivity contribution in [2.45, 2.75) is 38.6 Å². The number of nitrogens with one attached hydrogen (secondary N) is 1. The molecule has 0 spiro atoms. The summed E-state index contributed by atoms with van der Waals surface area (Å²) in [4.78, 5) is 25.9. The van der Waals surface area contributed by atoms with E-state index in [1.807, 2.05) is 21.0 Å². The molecule has 0 heterocycles. The van der Waals surface area contributed by atoms with Gasteiger partial charge in [-0.3, -0.25) is 4.79 Å². The predicted octanol–water partition coefficient (Wildman–Crippen LogP) is 1.22. The summed E-state index contributed by atoms with van der Waals surface area (Å²) in [6.45, 7) is 3.56. The second-order valence-electron chi connectivity index (χ2n) is 5.21. The van der Waals surface area contributed by atoms with Gasteiger partial charge in [0.05, 0.1) is 0 Å². The Morgan fingerprint density at radius 2 is 1.79 bits per heavy atom. The van der Waals surface area contributed by atoms with Gasteiger partial charge in [0.1, 0.15) is 0 Å². The van der Waals surface area contributed by atoms with E-state index in [9.17, 15) is 9.59 Å². The van der Waals surface area contributed by atoms with Gasteiger partial charge in [-0.15, -0.1) is 0 Å². The maximum Gasteiger partial charge on any atom is 0.317 e. The lowest BCUT2D eigenvalue weighted by atomic mass is 10.1. The van der Waals surface area contributed by atoms with Crippen molar-refractivity contribution in [3.8, 4) is 0 Å². The van der Waals surface area contributed by atoms with Gasteiger partial charge in [0.2, 0.25) is 0 Å². The van der Waals surface area contributed by atoms with E-state index in [1.54, 1.807) is 11.9 Å². The molecule has 0 aliphatic carbocycles. The van der Waals surface area contributed by atoms with E-state index >= 15 is 0 Å². The van der Waals surface area contributed by atoms with Gasteiger partial charge in [-0.25, -0.2) is 4.79 Å². The van der Waals surface area contributed by atoms with Crippen LogP contribution >= 0.6 is 0 Å². The second kappa shape index (κ2) is 9.61. The maximum absolute atomic E-state index is 11.8. The summed E-state index contributed by atoms with van der Waals surface area (Å²) in [7, 11) is 5.78. The first-order valence-electron chi connectivity index (χ1n) is 6.71. The first kappa shape index (κ1) is 17.7. The average molecular weight is 273 g/mol. The summed E-state index contributed by atoms with van der Waals surface area (Å²) < 4.78 is 0. The lowest BCUT2D eigenvalue weighted by Crippen LogP contribution is -2.42. The molecule has 0 aromatic rings. The van der Waals surface area contributed by atoms with E-state index in [4.69, 9.17) is 5.11 Å². The molecule has 0 aliphatic heterocycles. The number of amides is 2. The SMILES string of the molecule is CC(CCCC(=O)O)NC(=O)N(C)CCCN(C)C. The van der Waals surface area contributed by atoms with Gasteiger partial charge in [-0.05, 0) is 46.8 Å².